The van der Waals surface area contributed by atoms with E-state index in [1.54, 1.807) is 0 Å². The third-order valence-corrected chi connectivity index (χ3v) is 4.52. The lowest BCUT2D eigenvalue weighted by molar-refractivity contribution is -0.126. The van der Waals surface area contributed by atoms with Gasteiger partial charge in [0, 0.05) is 25.6 Å². The molecular weight excluding hydrogens is 300 g/mol. The van der Waals surface area contributed by atoms with Gasteiger partial charge in [0.2, 0.25) is 5.91 Å². The molecule has 1 aliphatic heterocycles. The average Bonchev–Trinajstić information content (AvgIpc) is 2.55. The number of likely N-dealkylation sites (tertiary alicyclic amines) is 1. The van der Waals surface area contributed by atoms with Gasteiger partial charge in [-0.15, -0.1) is 0 Å². The Labute approximate surface area is 146 Å². The van der Waals surface area contributed by atoms with Crippen LogP contribution in [0, 0.1) is 12.8 Å². The second kappa shape index (κ2) is 9.80. The number of hydrogen-bond acceptors (Lipinski definition) is 3. The second-order valence-electron chi connectivity index (χ2n) is 7.10. The van der Waals surface area contributed by atoms with E-state index in [0.29, 0.717) is 6.61 Å². The molecule has 0 bridgehead atoms. The summed E-state index contributed by atoms with van der Waals surface area (Å²) in [6, 6.07) is 8.68. The molecule has 0 spiro atoms. The minimum Gasteiger partial charge on any atom is -0.379 e. The highest BCUT2D eigenvalue weighted by atomic mass is 16.5. The lowest BCUT2D eigenvalue weighted by atomic mass is 9.95. The smallest absolute Gasteiger partial charge is 0.223 e. The molecule has 0 unspecified atom stereocenters. The number of aryl methyl sites for hydroxylation is 1. The average molecular weight is 332 g/mol. The number of hydrogen-bond donors (Lipinski definition) is 1. The van der Waals surface area contributed by atoms with Gasteiger partial charge in [0.1, 0.15) is 0 Å². The lowest BCUT2D eigenvalue weighted by Crippen LogP contribution is -2.40. The maximum Gasteiger partial charge on any atom is 0.223 e. The van der Waals surface area contributed by atoms with E-state index in [1.165, 1.54) is 11.1 Å². The third-order valence-electron chi connectivity index (χ3n) is 4.52. The SMILES string of the molecule is Cc1cccc(CN2CCC(C(=O)NCCCOC(C)C)CC2)c1. The molecule has 1 fully saturated rings. The fraction of sp³-hybridized carbons (Fsp3) is 0.650. The number of nitrogens with zero attached hydrogens (tertiary/aromatic N) is 1. The normalized spacial score (nSPS) is 16.5. The maximum atomic E-state index is 12.2. The number of nitrogens with one attached hydrogen (secondary N) is 1. The number of amides is 1. The van der Waals surface area contributed by atoms with E-state index in [9.17, 15) is 4.79 Å². The summed E-state index contributed by atoms with van der Waals surface area (Å²) in [5.41, 5.74) is 2.67. The molecule has 2 rings (SSSR count). The molecule has 0 radical (unpaired) electrons. The molecule has 1 N–H and O–H groups in total. The first-order valence-electron chi connectivity index (χ1n) is 9.22. The topological polar surface area (TPSA) is 41.6 Å². The summed E-state index contributed by atoms with van der Waals surface area (Å²) in [7, 11) is 0. The predicted molar refractivity (Wildman–Crippen MR) is 97.9 cm³/mol. The zero-order valence-corrected chi connectivity index (χ0v) is 15.4. The summed E-state index contributed by atoms with van der Waals surface area (Å²) >= 11 is 0. The first-order chi connectivity index (χ1) is 11.5. The van der Waals surface area contributed by atoms with Gasteiger partial charge in [-0.2, -0.15) is 0 Å². The van der Waals surface area contributed by atoms with Gasteiger partial charge < -0.3 is 10.1 Å². The van der Waals surface area contributed by atoms with Gasteiger partial charge in [0.05, 0.1) is 6.10 Å². The molecule has 1 aromatic rings. The molecule has 1 amide bonds. The van der Waals surface area contributed by atoms with Gasteiger partial charge in [-0.05, 0) is 58.7 Å². The molecule has 0 saturated carbocycles. The summed E-state index contributed by atoms with van der Waals surface area (Å²) < 4.78 is 5.49. The zero-order chi connectivity index (χ0) is 17.4. The zero-order valence-electron chi connectivity index (χ0n) is 15.4. The molecule has 134 valence electrons. The van der Waals surface area contributed by atoms with Gasteiger partial charge in [-0.25, -0.2) is 0 Å². The Kier molecular flexibility index (Phi) is 7.73. The molecule has 1 saturated heterocycles. The maximum absolute atomic E-state index is 12.2. The predicted octanol–water partition coefficient (Wildman–Crippen LogP) is 3.14. The molecule has 1 heterocycles. The van der Waals surface area contributed by atoms with Gasteiger partial charge in [0.15, 0.2) is 0 Å². The molecule has 0 aliphatic carbocycles. The molecule has 0 atom stereocenters. The minimum absolute atomic E-state index is 0.171. The van der Waals surface area contributed by atoms with Crippen molar-refractivity contribution < 1.29 is 9.53 Å². The quantitative estimate of drug-likeness (QED) is 0.744. The van der Waals surface area contributed by atoms with Crippen molar-refractivity contribution in [2.45, 2.75) is 52.7 Å². The Bertz CT molecular complexity index is 508. The number of carbonyl (C=O) groups excluding carboxylic acids is 1. The molecule has 1 aromatic carbocycles. The Balaban J connectivity index is 1.64. The van der Waals surface area contributed by atoms with Crippen LogP contribution in [-0.2, 0) is 16.1 Å². The van der Waals surface area contributed by atoms with Crippen LogP contribution in [0.1, 0.15) is 44.2 Å². The van der Waals surface area contributed by atoms with E-state index in [0.717, 1.165) is 45.4 Å². The molecule has 1 aliphatic rings. The third kappa shape index (κ3) is 6.62. The molecule has 4 heteroatoms. The number of piperidine rings is 1. The van der Waals surface area contributed by atoms with Crippen molar-refractivity contribution in [3.8, 4) is 0 Å². The van der Waals surface area contributed by atoms with Crippen LogP contribution < -0.4 is 5.32 Å². The van der Waals surface area contributed by atoms with Crippen LogP contribution in [0.15, 0.2) is 24.3 Å². The first kappa shape index (κ1) is 18.9. The number of benzene rings is 1. The standard InChI is InChI=1S/C20H32N2O2/c1-16(2)24-13-5-10-21-20(23)19-8-11-22(12-9-19)15-18-7-4-6-17(3)14-18/h4,6-7,14,16,19H,5,8-13,15H2,1-3H3,(H,21,23). The minimum atomic E-state index is 0.171. The molecular formula is C20H32N2O2. The van der Waals surface area contributed by atoms with Gasteiger partial charge in [0.25, 0.3) is 0 Å². The number of rotatable bonds is 8. The number of carbonyl (C=O) groups is 1. The summed E-state index contributed by atoms with van der Waals surface area (Å²) in [5.74, 6) is 0.388. The van der Waals surface area contributed by atoms with Crippen molar-refractivity contribution in [2.75, 3.05) is 26.2 Å². The van der Waals surface area contributed by atoms with Crippen LogP contribution in [0.5, 0.6) is 0 Å². The van der Waals surface area contributed by atoms with Crippen molar-refractivity contribution >= 4 is 5.91 Å². The van der Waals surface area contributed by atoms with E-state index in [-0.39, 0.29) is 17.9 Å². The second-order valence-corrected chi connectivity index (χ2v) is 7.10. The van der Waals surface area contributed by atoms with Crippen LogP contribution in [0.25, 0.3) is 0 Å². The van der Waals surface area contributed by atoms with Crippen LogP contribution in [0.4, 0.5) is 0 Å². The lowest BCUT2D eigenvalue weighted by Gasteiger charge is -2.31. The van der Waals surface area contributed by atoms with E-state index < -0.39 is 0 Å². The summed E-state index contributed by atoms with van der Waals surface area (Å²) in [6.07, 6.45) is 3.06. The Morgan fingerprint density at radius 1 is 1.33 bits per heavy atom. The largest absolute Gasteiger partial charge is 0.379 e. The molecule has 24 heavy (non-hydrogen) atoms. The fourth-order valence-electron chi connectivity index (χ4n) is 3.17. The van der Waals surface area contributed by atoms with E-state index >= 15 is 0 Å². The van der Waals surface area contributed by atoms with Crippen LogP contribution in [0.2, 0.25) is 0 Å². The van der Waals surface area contributed by atoms with Gasteiger partial charge in [-0.1, -0.05) is 29.8 Å². The summed E-state index contributed by atoms with van der Waals surface area (Å²) in [5, 5.41) is 3.06. The highest BCUT2D eigenvalue weighted by Gasteiger charge is 2.24. The van der Waals surface area contributed by atoms with E-state index in [2.05, 4.69) is 41.4 Å². The Morgan fingerprint density at radius 2 is 2.08 bits per heavy atom. The molecule has 4 nitrogen and oxygen atoms in total. The highest BCUT2D eigenvalue weighted by Crippen LogP contribution is 2.19. The number of ether oxygens (including phenoxy) is 1. The molecule has 0 aromatic heterocycles. The van der Waals surface area contributed by atoms with Crippen LogP contribution in [0.3, 0.4) is 0 Å². The van der Waals surface area contributed by atoms with Crippen molar-refractivity contribution in [1.82, 2.24) is 10.2 Å². The van der Waals surface area contributed by atoms with E-state index in [4.69, 9.17) is 4.74 Å². The van der Waals surface area contributed by atoms with Gasteiger partial charge >= 0.3 is 0 Å². The van der Waals surface area contributed by atoms with E-state index in [1.807, 2.05) is 13.8 Å². The fourth-order valence-corrected chi connectivity index (χ4v) is 3.17. The monoisotopic (exact) mass is 332 g/mol. The highest BCUT2D eigenvalue weighted by molar-refractivity contribution is 5.78. The first-order valence-corrected chi connectivity index (χ1v) is 9.22. The van der Waals surface area contributed by atoms with Crippen LogP contribution in [-0.4, -0.2) is 43.2 Å². The van der Waals surface area contributed by atoms with Crippen molar-refractivity contribution in [2.24, 2.45) is 5.92 Å². The van der Waals surface area contributed by atoms with Crippen molar-refractivity contribution in [3.05, 3.63) is 35.4 Å². The Morgan fingerprint density at radius 3 is 2.75 bits per heavy atom. The van der Waals surface area contributed by atoms with Gasteiger partial charge in [-0.3, -0.25) is 9.69 Å². The summed E-state index contributed by atoms with van der Waals surface area (Å²) in [6.45, 7) is 10.6. The van der Waals surface area contributed by atoms with Crippen molar-refractivity contribution in [1.29, 1.82) is 0 Å². The van der Waals surface area contributed by atoms with Crippen LogP contribution >= 0.6 is 0 Å². The Hall–Kier alpha value is -1.39. The summed E-state index contributed by atoms with van der Waals surface area (Å²) in [4.78, 5) is 14.7. The van der Waals surface area contributed by atoms with Crippen molar-refractivity contribution in [3.63, 3.8) is 0 Å².